The van der Waals surface area contributed by atoms with Crippen molar-refractivity contribution in [2.45, 2.75) is 63.6 Å². The largest absolute Gasteiger partial charge is 0.336 e. The zero-order valence-electron chi connectivity index (χ0n) is 18.5. The van der Waals surface area contributed by atoms with Crippen LogP contribution in [0.2, 0.25) is 0 Å². The van der Waals surface area contributed by atoms with Gasteiger partial charge < -0.3 is 10.2 Å². The average molecular weight is 421 g/mol. The van der Waals surface area contributed by atoms with Crippen LogP contribution >= 0.6 is 0 Å². The van der Waals surface area contributed by atoms with Crippen LogP contribution in [0, 0.1) is 0 Å². The summed E-state index contributed by atoms with van der Waals surface area (Å²) in [6, 6.07) is 16.1. The summed E-state index contributed by atoms with van der Waals surface area (Å²) in [5.41, 5.74) is 0.905. The number of amides is 2. The summed E-state index contributed by atoms with van der Waals surface area (Å²) in [5.74, 6) is 0.620. The summed E-state index contributed by atoms with van der Waals surface area (Å²) < 4.78 is 0. The summed E-state index contributed by atoms with van der Waals surface area (Å²) in [7, 11) is 0. The summed E-state index contributed by atoms with van der Waals surface area (Å²) in [4.78, 5) is 34.3. The van der Waals surface area contributed by atoms with E-state index >= 15 is 0 Å². The number of hydrogen-bond donors (Lipinski definition) is 1. The molecule has 2 amide bonds. The Morgan fingerprint density at radius 3 is 2.58 bits per heavy atom. The zero-order valence-corrected chi connectivity index (χ0v) is 18.5. The molecule has 6 nitrogen and oxygen atoms in total. The van der Waals surface area contributed by atoms with Crippen LogP contribution in [0.4, 0.5) is 5.82 Å². The molecular weight excluding hydrogens is 388 g/mol. The van der Waals surface area contributed by atoms with Crippen LogP contribution in [-0.2, 0) is 9.59 Å². The SMILES string of the molecule is CC(=O)N1CCCCC[C@@H]2N(CC(=O)Nc3ccccn3)[C@H](c3ccccc3)C[C@@]21C. The molecule has 0 aliphatic carbocycles. The van der Waals surface area contributed by atoms with Gasteiger partial charge in [-0.05, 0) is 43.9 Å². The van der Waals surface area contributed by atoms with Gasteiger partial charge in [0.15, 0.2) is 0 Å². The molecule has 164 valence electrons. The topological polar surface area (TPSA) is 65.5 Å². The summed E-state index contributed by atoms with van der Waals surface area (Å²) >= 11 is 0. The number of pyridine rings is 1. The van der Waals surface area contributed by atoms with Gasteiger partial charge in [-0.1, -0.05) is 49.2 Å². The molecule has 2 aromatic rings. The number of carbonyl (C=O) groups is 2. The molecule has 2 fully saturated rings. The Bertz CT molecular complexity index is 904. The molecule has 4 rings (SSSR count). The van der Waals surface area contributed by atoms with Gasteiger partial charge in [0.1, 0.15) is 5.82 Å². The van der Waals surface area contributed by atoms with Crippen LogP contribution in [0.15, 0.2) is 54.7 Å². The van der Waals surface area contributed by atoms with Gasteiger partial charge in [0.05, 0.1) is 12.1 Å². The van der Waals surface area contributed by atoms with Gasteiger partial charge in [0.25, 0.3) is 0 Å². The minimum Gasteiger partial charge on any atom is -0.336 e. The van der Waals surface area contributed by atoms with Crippen molar-refractivity contribution in [3.05, 3.63) is 60.3 Å². The maximum atomic E-state index is 13.0. The Hall–Kier alpha value is -2.73. The lowest BCUT2D eigenvalue weighted by molar-refractivity contribution is -0.136. The van der Waals surface area contributed by atoms with Gasteiger partial charge in [-0.2, -0.15) is 0 Å². The Labute approximate surface area is 184 Å². The van der Waals surface area contributed by atoms with Crippen LogP contribution in [0.25, 0.3) is 0 Å². The average Bonchev–Trinajstić information content (AvgIpc) is 3.01. The second-order valence-electron chi connectivity index (χ2n) is 8.96. The van der Waals surface area contributed by atoms with Gasteiger partial charge in [-0.15, -0.1) is 0 Å². The van der Waals surface area contributed by atoms with Crippen molar-refractivity contribution in [1.29, 1.82) is 0 Å². The molecule has 1 aromatic heterocycles. The predicted octanol–water partition coefficient (Wildman–Crippen LogP) is 4.02. The van der Waals surface area contributed by atoms with E-state index in [1.54, 1.807) is 19.2 Å². The number of fused-ring (bicyclic) bond motifs is 1. The van der Waals surface area contributed by atoms with Crippen molar-refractivity contribution in [1.82, 2.24) is 14.8 Å². The van der Waals surface area contributed by atoms with E-state index in [0.717, 1.165) is 38.6 Å². The molecule has 2 aliphatic rings. The van der Waals surface area contributed by atoms with E-state index in [0.29, 0.717) is 5.82 Å². The molecule has 0 spiro atoms. The first kappa shape index (κ1) is 21.5. The lowest BCUT2D eigenvalue weighted by atomic mass is 9.83. The van der Waals surface area contributed by atoms with Crippen molar-refractivity contribution in [2.24, 2.45) is 0 Å². The molecule has 2 aliphatic heterocycles. The molecule has 31 heavy (non-hydrogen) atoms. The van der Waals surface area contributed by atoms with Crippen molar-refractivity contribution < 1.29 is 9.59 Å². The molecule has 0 saturated carbocycles. The van der Waals surface area contributed by atoms with E-state index in [-0.39, 0.29) is 36.0 Å². The monoisotopic (exact) mass is 420 g/mol. The summed E-state index contributed by atoms with van der Waals surface area (Å²) in [6.07, 6.45) is 6.76. The van der Waals surface area contributed by atoms with Crippen LogP contribution in [0.3, 0.4) is 0 Å². The number of anilines is 1. The third kappa shape index (κ3) is 4.49. The van der Waals surface area contributed by atoms with E-state index < -0.39 is 0 Å². The number of aromatic nitrogens is 1. The van der Waals surface area contributed by atoms with E-state index in [1.165, 1.54) is 5.56 Å². The van der Waals surface area contributed by atoms with E-state index in [2.05, 4.69) is 39.2 Å². The normalized spacial score (nSPS) is 26.6. The molecule has 3 atom stereocenters. The predicted molar refractivity (Wildman–Crippen MR) is 121 cm³/mol. The Morgan fingerprint density at radius 1 is 1.10 bits per heavy atom. The third-order valence-corrected chi connectivity index (χ3v) is 6.92. The number of rotatable bonds is 4. The van der Waals surface area contributed by atoms with Gasteiger partial charge in [0, 0.05) is 31.7 Å². The molecule has 1 N–H and O–H groups in total. The summed E-state index contributed by atoms with van der Waals surface area (Å²) in [6.45, 7) is 4.97. The first-order valence-corrected chi connectivity index (χ1v) is 11.3. The highest BCUT2D eigenvalue weighted by molar-refractivity contribution is 5.91. The first-order chi connectivity index (χ1) is 15.0. The minimum atomic E-state index is -0.294. The molecule has 1 aromatic carbocycles. The van der Waals surface area contributed by atoms with Gasteiger partial charge >= 0.3 is 0 Å². The highest BCUT2D eigenvalue weighted by Gasteiger charge is 2.53. The van der Waals surface area contributed by atoms with Gasteiger partial charge in [0.2, 0.25) is 11.8 Å². The molecular formula is C25H32N4O2. The fraction of sp³-hybridized carbons (Fsp3) is 0.480. The molecule has 0 unspecified atom stereocenters. The second kappa shape index (κ2) is 9.18. The second-order valence-corrected chi connectivity index (χ2v) is 8.96. The van der Waals surface area contributed by atoms with E-state index in [9.17, 15) is 9.59 Å². The Morgan fingerprint density at radius 2 is 1.87 bits per heavy atom. The van der Waals surface area contributed by atoms with Crippen molar-refractivity contribution >= 4 is 17.6 Å². The van der Waals surface area contributed by atoms with E-state index in [4.69, 9.17) is 0 Å². The van der Waals surface area contributed by atoms with Gasteiger partial charge in [-0.3, -0.25) is 14.5 Å². The van der Waals surface area contributed by atoms with Crippen LogP contribution in [0.1, 0.15) is 57.6 Å². The zero-order chi connectivity index (χ0) is 21.8. The lowest BCUT2D eigenvalue weighted by Gasteiger charge is -2.45. The van der Waals surface area contributed by atoms with Crippen LogP contribution < -0.4 is 5.32 Å². The number of likely N-dealkylation sites (tertiary alicyclic amines) is 2. The van der Waals surface area contributed by atoms with Crippen LogP contribution in [-0.4, -0.2) is 51.3 Å². The van der Waals surface area contributed by atoms with E-state index in [1.807, 2.05) is 30.3 Å². The number of nitrogens with one attached hydrogen (secondary N) is 1. The standard InChI is InChI=1S/C25H32N4O2/c1-19(30)29-16-10-4-7-13-22-25(29,2)17-21(20-11-5-3-6-12-20)28(22)18-24(31)27-23-14-8-9-15-26-23/h3,5-6,8-9,11-12,14-15,21-22H,4,7,10,13,16-18H2,1-2H3,(H,26,27,31)/t21-,22-,25-/m0/s1. The van der Waals surface area contributed by atoms with Gasteiger partial charge in [-0.25, -0.2) is 4.98 Å². The van der Waals surface area contributed by atoms with Crippen molar-refractivity contribution in [3.63, 3.8) is 0 Å². The Balaban J connectivity index is 1.66. The highest BCUT2D eigenvalue weighted by atomic mass is 16.2. The maximum Gasteiger partial charge on any atom is 0.239 e. The minimum absolute atomic E-state index is 0.0692. The first-order valence-electron chi connectivity index (χ1n) is 11.3. The highest BCUT2D eigenvalue weighted by Crippen LogP contribution is 2.48. The molecule has 0 bridgehead atoms. The fourth-order valence-corrected chi connectivity index (χ4v) is 5.53. The number of benzene rings is 1. The number of carbonyl (C=O) groups excluding carboxylic acids is 2. The Kier molecular flexibility index (Phi) is 6.37. The molecule has 0 radical (unpaired) electrons. The molecule has 6 heteroatoms. The van der Waals surface area contributed by atoms with Crippen molar-refractivity contribution in [3.8, 4) is 0 Å². The summed E-state index contributed by atoms with van der Waals surface area (Å²) in [5, 5.41) is 2.94. The lowest BCUT2D eigenvalue weighted by Crippen LogP contribution is -2.58. The quantitative estimate of drug-likeness (QED) is 0.811. The van der Waals surface area contributed by atoms with Crippen LogP contribution in [0.5, 0.6) is 0 Å². The molecule has 2 saturated heterocycles. The third-order valence-electron chi connectivity index (χ3n) is 6.92. The fourth-order valence-electron chi connectivity index (χ4n) is 5.53. The van der Waals surface area contributed by atoms with Crippen molar-refractivity contribution in [2.75, 3.05) is 18.4 Å². The smallest absolute Gasteiger partial charge is 0.239 e. The maximum absolute atomic E-state index is 13.0. The number of hydrogen-bond acceptors (Lipinski definition) is 4. The molecule has 3 heterocycles. The number of nitrogens with zero attached hydrogens (tertiary/aromatic N) is 3.